The maximum atomic E-state index is 11.5. The Morgan fingerprint density at radius 1 is 1.14 bits per heavy atom. The molecule has 0 saturated heterocycles. The molecule has 0 aliphatic carbocycles. The Labute approximate surface area is 170 Å². The van der Waals surface area contributed by atoms with Crippen molar-refractivity contribution in [3.63, 3.8) is 0 Å². The minimum absolute atomic E-state index is 0.164. The summed E-state index contributed by atoms with van der Waals surface area (Å²) in [6.45, 7) is -0.164. The second-order valence-corrected chi connectivity index (χ2v) is 7.45. The average molecular weight is 406 g/mol. The summed E-state index contributed by atoms with van der Waals surface area (Å²) in [7, 11) is 0. The highest BCUT2D eigenvalue weighted by molar-refractivity contribution is 7.78. The van der Waals surface area contributed by atoms with Gasteiger partial charge in [-0.3, -0.25) is 10.1 Å². The number of isothiocyanates is 1. The first kappa shape index (κ1) is 18.3. The number of nitrogens with zero attached hydrogens (tertiary/aromatic N) is 2. The van der Waals surface area contributed by atoms with Gasteiger partial charge in [-0.05, 0) is 47.4 Å². The number of nitro groups is 1. The van der Waals surface area contributed by atoms with E-state index in [0.717, 1.165) is 38.3 Å². The van der Waals surface area contributed by atoms with Gasteiger partial charge in [0.2, 0.25) is 6.54 Å². The van der Waals surface area contributed by atoms with Crippen LogP contribution in [0.4, 0.5) is 5.69 Å². The maximum Gasteiger partial charge on any atom is 0.215 e. The lowest BCUT2D eigenvalue weighted by atomic mass is 9.92. The number of thiophene rings is 1. The largest absolute Gasteiger partial charge is 0.354 e. The molecule has 0 spiro atoms. The Morgan fingerprint density at radius 2 is 1.93 bits per heavy atom. The first-order chi connectivity index (χ1) is 13.7. The third-order valence-corrected chi connectivity index (χ3v) is 5.72. The van der Waals surface area contributed by atoms with Gasteiger partial charge < -0.3 is 4.98 Å². The zero-order valence-corrected chi connectivity index (χ0v) is 16.3. The fourth-order valence-corrected chi connectivity index (χ4v) is 4.40. The fourth-order valence-electron chi connectivity index (χ4n) is 3.47. The van der Waals surface area contributed by atoms with Crippen molar-refractivity contribution in [2.45, 2.75) is 5.92 Å². The number of thiocarbonyl (C=S) groups is 1. The van der Waals surface area contributed by atoms with Crippen molar-refractivity contribution in [2.75, 3.05) is 6.54 Å². The molecule has 4 rings (SSSR count). The standard InChI is InChI=1S/C21H15N3O2S2/c25-24(26)12-17(19-6-3-11-28-19)20-16-4-1-2-5-18(16)23-21(20)14-7-9-15(10-8-14)22-13-27/h1-11,17,23H,12H2. The first-order valence-electron chi connectivity index (χ1n) is 8.61. The van der Waals surface area contributed by atoms with Crippen molar-refractivity contribution < 1.29 is 4.92 Å². The lowest BCUT2D eigenvalue weighted by Gasteiger charge is -2.14. The first-order valence-corrected chi connectivity index (χ1v) is 9.90. The smallest absolute Gasteiger partial charge is 0.215 e. The number of aliphatic imine (C=N–C) groups is 1. The second-order valence-electron chi connectivity index (χ2n) is 6.29. The van der Waals surface area contributed by atoms with Gasteiger partial charge in [-0.1, -0.05) is 36.4 Å². The summed E-state index contributed by atoms with van der Waals surface area (Å²) >= 11 is 6.20. The number of benzene rings is 2. The van der Waals surface area contributed by atoms with Gasteiger partial charge in [0.15, 0.2) is 0 Å². The van der Waals surface area contributed by atoms with E-state index in [1.165, 1.54) is 11.3 Å². The Hall–Kier alpha value is -3.12. The number of rotatable bonds is 6. The van der Waals surface area contributed by atoms with Crippen LogP contribution in [0.15, 0.2) is 71.0 Å². The molecule has 5 nitrogen and oxygen atoms in total. The van der Waals surface area contributed by atoms with E-state index in [4.69, 9.17) is 0 Å². The summed E-state index contributed by atoms with van der Waals surface area (Å²) in [5.41, 5.74) is 4.45. The van der Waals surface area contributed by atoms with E-state index >= 15 is 0 Å². The van der Waals surface area contributed by atoms with E-state index in [2.05, 4.69) is 27.4 Å². The molecule has 0 radical (unpaired) electrons. The van der Waals surface area contributed by atoms with Crippen molar-refractivity contribution in [3.05, 3.63) is 86.6 Å². The van der Waals surface area contributed by atoms with Crippen molar-refractivity contribution in [2.24, 2.45) is 4.99 Å². The van der Waals surface area contributed by atoms with Crippen molar-refractivity contribution >= 4 is 45.3 Å². The molecular formula is C21H15N3O2S2. The predicted molar refractivity (Wildman–Crippen MR) is 116 cm³/mol. The molecule has 0 saturated carbocycles. The number of nitrogens with one attached hydrogen (secondary N) is 1. The fraction of sp³-hybridized carbons (Fsp3) is 0.0952. The van der Waals surface area contributed by atoms with E-state index in [-0.39, 0.29) is 17.4 Å². The molecule has 138 valence electrons. The van der Waals surface area contributed by atoms with Crippen LogP contribution in [0.25, 0.3) is 22.2 Å². The van der Waals surface area contributed by atoms with Crippen LogP contribution >= 0.6 is 23.6 Å². The summed E-state index contributed by atoms with van der Waals surface area (Å²) in [4.78, 5) is 19.7. The number of hydrogen-bond donors (Lipinski definition) is 1. The third-order valence-electron chi connectivity index (χ3n) is 4.64. The molecule has 0 amide bonds. The zero-order valence-electron chi connectivity index (χ0n) is 14.7. The number of aromatic nitrogens is 1. The molecule has 4 aromatic rings. The van der Waals surface area contributed by atoms with Crippen LogP contribution in [-0.4, -0.2) is 21.6 Å². The van der Waals surface area contributed by atoms with Gasteiger partial charge in [0, 0.05) is 26.3 Å². The molecule has 1 N–H and O–H groups in total. The molecule has 2 heterocycles. The van der Waals surface area contributed by atoms with Crippen molar-refractivity contribution in [3.8, 4) is 11.3 Å². The number of H-pyrrole nitrogens is 1. The van der Waals surface area contributed by atoms with Gasteiger partial charge in [-0.15, -0.1) is 11.3 Å². The summed E-state index contributed by atoms with van der Waals surface area (Å²) in [6, 6.07) is 19.4. The monoisotopic (exact) mass is 405 g/mol. The van der Waals surface area contributed by atoms with Crippen LogP contribution in [0.3, 0.4) is 0 Å². The topological polar surface area (TPSA) is 71.3 Å². The van der Waals surface area contributed by atoms with Crippen LogP contribution in [0.2, 0.25) is 0 Å². The SMILES string of the molecule is O=[N+]([O-])CC(c1cccs1)c1c(-c2ccc(N=C=S)cc2)[nH]c2ccccc12. The van der Waals surface area contributed by atoms with Crippen LogP contribution < -0.4 is 0 Å². The van der Waals surface area contributed by atoms with Gasteiger partial charge in [-0.25, -0.2) is 0 Å². The van der Waals surface area contributed by atoms with Gasteiger partial charge >= 0.3 is 0 Å². The summed E-state index contributed by atoms with van der Waals surface area (Å²) < 4.78 is 0. The third kappa shape index (κ3) is 3.51. The minimum atomic E-state index is -0.333. The molecule has 7 heteroatoms. The van der Waals surface area contributed by atoms with E-state index in [1.807, 2.05) is 66.0 Å². The lowest BCUT2D eigenvalue weighted by molar-refractivity contribution is -0.481. The molecular weight excluding hydrogens is 390 g/mol. The van der Waals surface area contributed by atoms with E-state index in [9.17, 15) is 10.1 Å². The zero-order chi connectivity index (χ0) is 19.5. The van der Waals surface area contributed by atoms with Crippen LogP contribution in [-0.2, 0) is 0 Å². The molecule has 1 unspecified atom stereocenters. The van der Waals surface area contributed by atoms with Crippen LogP contribution in [0.5, 0.6) is 0 Å². The molecule has 0 aliphatic heterocycles. The Balaban J connectivity index is 1.94. The predicted octanol–water partition coefficient (Wildman–Crippen LogP) is 6.04. The summed E-state index contributed by atoms with van der Waals surface area (Å²) in [5.74, 6) is -0.333. The highest BCUT2D eigenvalue weighted by atomic mass is 32.1. The summed E-state index contributed by atoms with van der Waals surface area (Å²) in [5, 5.41) is 16.8. The lowest BCUT2D eigenvalue weighted by Crippen LogP contribution is -2.13. The normalized spacial score (nSPS) is 11.9. The van der Waals surface area contributed by atoms with Gasteiger partial charge in [0.25, 0.3) is 0 Å². The number of para-hydroxylation sites is 1. The molecule has 28 heavy (non-hydrogen) atoms. The summed E-state index contributed by atoms with van der Waals surface area (Å²) in [6.07, 6.45) is 0. The molecule has 1 atom stereocenters. The number of hydrogen-bond acceptors (Lipinski definition) is 5. The quantitative estimate of drug-likeness (QED) is 0.184. The van der Waals surface area contributed by atoms with E-state index in [0.29, 0.717) is 0 Å². The highest BCUT2D eigenvalue weighted by Gasteiger charge is 2.28. The molecule has 2 aromatic heterocycles. The number of aromatic amines is 1. The van der Waals surface area contributed by atoms with Crippen molar-refractivity contribution in [1.29, 1.82) is 0 Å². The molecule has 0 bridgehead atoms. The highest BCUT2D eigenvalue weighted by Crippen LogP contribution is 2.40. The maximum absolute atomic E-state index is 11.5. The molecule has 2 aromatic carbocycles. The molecule has 0 fully saturated rings. The Morgan fingerprint density at radius 3 is 2.61 bits per heavy atom. The minimum Gasteiger partial charge on any atom is -0.354 e. The second kappa shape index (κ2) is 7.86. The van der Waals surface area contributed by atoms with Gasteiger partial charge in [-0.2, -0.15) is 4.99 Å². The van der Waals surface area contributed by atoms with Crippen molar-refractivity contribution in [1.82, 2.24) is 4.98 Å². The van der Waals surface area contributed by atoms with E-state index in [1.54, 1.807) is 0 Å². The average Bonchev–Trinajstić information content (AvgIpc) is 3.35. The number of fused-ring (bicyclic) bond motifs is 1. The van der Waals surface area contributed by atoms with Crippen LogP contribution in [0.1, 0.15) is 16.4 Å². The van der Waals surface area contributed by atoms with Gasteiger partial charge in [0.05, 0.1) is 22.5 Å². The van der Waals surface area contributed by atoms with Crippen LogP contribution in [0, 0.1) is 10.1 Å². The Bertz CT molecular complexity index is 1170. The Kier molecular flexibility index (Phi) is 5.12. The molecule has 0 aliphatic rings. The van der Waals surface area contributed by atoms with Gasteiger partial charge in [0.1, 0.15) is 0 Å². The van der Waals surface area contributed by atoms with E-state index < -0.39 is 0 Å².